The quantitative estimate of drug-likeness (QED) is 0.854. The number of halogens is 2. The van der Waals surface area contributed by atoms with Crippen LogP contribution in [-0.2, 0) is 16.6 Å². The molecule has 0 atom stereocenters. The molecule has 0 fully saturated rings. The van der Waals surface area contributed by atoms with E-state index < -0.39 is 22.5 Å². The monoisotopic (exact) mass is 274 g/mol. The van der Waals surface area contributed by atoms with Gasteiger partial charge in [0.2, 0.25) is 10.0 Å². The topological polar surface area (TPSA) is 70.0 Å². The van der Waals surface area contributed by atoms with Crippen LogP contribution in [0.1, 0.15) is 17.5 Å². The molecule has 0 amide bonds. The Labute approximate surface area is 104 Å². The van der Waals surface area contributed by atoms with Gasteiger partial charge in [-0.1, -0.05) is 6.07 Å². The maximum Gasteiger partial charge on any atom is 0.211 e. The molecule has 0 bridgehead atoms. The number of nitrogens with zero attached hydrogens (tertiary/aromatic N) is 1. The van der Waals surface area contributed by atoms with Crippen LogP contribution in [-0.4, -0.2) is 20.8 Å². The summed E-state index contributed by atoms with van der Waals surface area (Å²) in [5, 5.41) is 8.55. The van der Waals surface area contributed by atoms with Crippen LogP contribution in [0, 0.1) is 17.1 Å². The molecule has 0 aromatic heterocycles. The SMILES string of the molecule is N#Cc1ccc(CNS(=O)(=O)CCCF)c(F)c1. The maximum absolute atomic E-state index is 13.4. The van der Waals surface area contributed by atoms with Gasteiger partial charge in [-0.25, -0.2) is 17.5 Å². The Morgan fingerprint density at radius 3 is 2.67 bits per heavy atom. The molecule has 0 aliphatic heterocycles. The molecule has 1 N–H and O–H groups in total. The van der Waals surface area contributed by atoms with Crippen molar-refractivity contribution in [3.8, 4) is 6.07 Å². The summed E-state index contributed by atoms with van der Waals surface area (Å²) in [7, 11) is -3.60. The third kappa shape index (κ3) is 4.39. The standard InChI is InChI=1S/C11H12F2N2O2S/c12-4-1-5-18(16,17)15-8-10-3-2-9(7-14)6-11(10)13/h2-3,6,15H,1,4-5,8H2. The van der Waals surface area contributed by atoms with Crippen LogP contribution in [0.2, 0.25) is 0 Å². The normalized spacial score (nSPS) is 11.2. The van der Waals surface area contributed by atoms with Gasteiger partial charge in [0.15, 0.2) is 0 Å². The van der Waals surface area contributed by atoms with Crippen molar-refractivity contribution < 1.29 is 17.2 Å². The molecule has 7 heteroatoms. The van der Waals surface area contributed by atoms with Gasteiger partial charge in [0, 0.05) is 12.1 Å². The molecule has 0 heterocycles. The Balaban J connectivity index is 2.67. The third-order valence-electron chi connectivity index (χ3n) is 2.21. The molecule has 0 aliphatic carbocycles. The smallest absolute Gasteiger partial charge is 0.211 e. The molecular formula is C11H12F2N2O2S. The molecular weight excluding hydrogens is 262 g/mol. The van der Waals surface area contributed by atoms with Gasteiger partial charge in [-0.3, -0.25) is 4.39 Å². The summed E-state index contributed by atoms with van der Waals surface area (Å²) in [4.78, 5) is 0. The van der Waals surface area contributed by atoms with Crippen LogP contribution in [0.15, 0.2) is 18.2 Å². The molecule has 1 rings (SSSR count). The first-order chi connectivity index (χ1) is 8.48. The fourth-order valence-electron chi connectivity index (χ4n) is 1.26. The van der Waals surface area contributed by atoms with Crippen LogP contribution in [0.3, 0.4) is 0 Å². The van der Waals surface area contributed by atoms with Gasteiger partial charge < -0.3 is 0 Å². The highest BCUT2D eigenvalue weighted by Crippen LogP contribution is 2.10. The largest absolute Gasteiger partial charge is 0.251 e. The Bertz CT molecular complexity index is 553. The van der Waals surface area contributed by atoms with Gasteiger partial charge in [0.1, 0.15) is 5.82 Å². The summed E-state index contributed by atoms with van der Waals surface area (Å²) < 4.78 is 50.1. The minimum absolute atomic E-state index is 0.0921. The van der Waals surface area contributed by atoms with Gasteiger partial charge in [-0.15, -0.1) is 0 Å². The summed E-state index contributed by atoms with van der Waals surface area (Å²) in [6.45, 7) is -0.932. The van der Waals surface area contributed by atoms with E-state index in [1.165, 1.54) is 12.1 Å². The molecule has 0 aliphatic rings. The van der Waals surface area contributed by atoms with E-state index in [2.05, 4.69) is 4.72 Å². The van der Waals surface area contributed by atoms with E-state index in [1.54, 1.807) is 6.07 Å². The minimum atomic E-state index is -3.60. The van der Waals surface area contributed by atoms with E-state index in [4.69, 9.17) is 5.26 Å². The lowest BCUT2D eigenvalue weighted by Gasteiger charge is -2.06. The van der Waals surface area contributed by atoms with E-state index >= 15 is 0 Å². The zero-order valence-corrected chi connectivity index (χ0v) is 10.3. The summed E-state index contributed by atoms with van der Waals surface area (Å²) in [6, 6.07) is 5.54. The van der Waals surface area contributed by atoms with E-state index in [0.29, 0.717) is 0 Å². The first kappa shape index (κ1) is 14.5. The van der Waals surface area contributed by atoms with Crippen molar-refractivity contribution in [2.45, 2.75) is 13.0 Å². The fraction of sp³-hybridized carbons (Fsp3) is 0.364. The average Bonchev–Trinajstić information content (AvgIpc) is 2.35. The Hall–Kier alpha value is -1.52. The predicted molar refractivity (Wildman–Crippen MR) is 62.3 cm³/mol. The molecule has 4 nitrogen and oxygen atoms in total. The number of benzene rings is 1. The maximum atomic E-state index is 13.4. The summed E-state index contributed by atoms with van der Waals surface area (Å²) in [5.41, 5.74) is 0.300. The molecule has 0 unspecified atom stereocenters. The van der Waals surface area contributed by atoms with E-state index in [-0.39, 0.29) is 29.8 Å². The zero-order chi connectivity index (χ0) is 13.6. The lowest BCUT2D eigenvalue weighted by molar-refractivity contribution is 0.483. The molecule has 98 valence electrons. The molecule has 0 saturated carbocycles. The van der Waals surface area contributed by atoms with Gasteiger partial charge in [-0.2, -0.15) is 5.26 Å². The first-order valence-electron chi connectivity index (χ1n) is 5.20. The van der Waals surface area contributed by atoms with E-state index in [0.717, 1.165) is 6.07 Å². The molecule has 0 spiro atoms. The van der Waals surface area contributed by atoms with E-state index in [9.17, 15) is 17.2 Å². The van der Waals surface area contributed by atoms with Crippen molar-refractivity contribution in [3.63, 3.8) is 0 Å². The average molecular weight is 274 g/mol. The number of alkyl halides is 1. The zero-order valence-electron chi connectivity index (χ0n) is 9.49. The summed E-state index contributed by atoms with van der Waals surface area (Å²) >= 11 is 0. The molecule has 0 radical (unpaired) electrons. The number of hydrogen-bond donors (Lipinski definition) is 1. The highest BCUT2D eigenvalue weighted by atomic mass is 32.2. The Morgan fingerprint density at radius 1 is 1.39 bits per heavy atom. The second-order valence-corrected chi connectivity index (χ2v) is 5.53. The highest BCUT2D eigenvalue weighted by molar-refractivity contribution is 7.89. The number of sulfonamides is 1. The number of hydrogen-bond acceptors (Lipinski definition) is 3. The molecule has 0 saturated heterocycles. The molecule has 1 aromatic carbocycles. The van der Waals surface area contributed by atoms with Crippen LogP contribution < -0.4 is 4.72 Å². The first-order valence-corrected chi connectivity index (χ1v) is 6.85. The van der Waals surface area contributed by atoms with E-state index in [1.807, 2.05) is 0 Å². The third-order valence-corrected chi connectivity index (χ3v) is 3.62. The summed E-state index contributed by atoms with van der Waals surface area (Å²) in [6.07, 6.45) is -0.0921. The van der Waals surface area contributed by atoms with Crippen molar-refractivity contribution >= 4 is 10.0 Å². The lowest BCUT2D eigenvalue weighted by Crippen LogP contribution is -2.26. The Morgan fingerprint density at radius 2 is 2.11 bits per heavy atom. The number of nitriles is 1. The van der Waals surface area contributed by atoms with Gasteiger partial charge in [0.25, 0.3) is 0 Å². The van der Waals surface area contributed by atoms with Gasteiger partial charge >= 0.3 is 0 Å². The van der Waals surface area contributed by atoms with Crippen molar-refractivity contribution in [3.05, 3.63) is 35.1 Å². The number of rotatable bonds is 6. The van der Waals surface area contributed by atoms with Crippen molar-refractivity contribution in [2.75, 3.05) is 12.4 Å². The van der Waals surface area contributed by atoms with Crippen LogP contribution in [0.4, 0.5) is 8.78 Å². The fourth-order valence-corrected chi connectivity index (χ4v) is 2.27. The highest BCUT2D eigenvalue weighted by Gasteiger charge is 2.11. The van der Waals surface area contributed by atoms with Crippen LogP contribution >= 0.6 is 0 Å². The Kier molecular flexibility index (Phi) is 5.19. The van der Waals surface area contributed by atoms with Crippen LogP contribution in [0.25, 0.3) is 0 Å². The van der Waals surface area contributed by atoms with Crippen molar-refractivity contribution in [1.82, 2.24) is 4.72 Å². The van der Waals surface area contributed by atoms with Gasteiger partial charge in [0.05, 0.1) is 24.1 Å². The van der Waals surface area contributed by atoms with Gasteiger partial charge in [-0.05, 0) is 18.6 Å². The van der Waals surface area contributed by atoms with Crippen LogP contribution in [0.5, 0.6) is 0 Å². The van der Waals surface area contributed by atoms with Crippen molar-refractivity contribution in [2.24, 2.45) is 0 Å². The predicted octanol–water partition coefficient (Wildman–Crippen LogP) is 1.48. The number of nitrogens with one attached hydrogen (secondary N) is 1. The second kappa shape index (κ2) is 6.42. The summed E-state index contributed by atoms with van der Waals surface area (Å²) in [5.74, 6) is -0.983. The van der Waals surface area contributed by atoms with Crippen molar-refractivity contribution in [1.29, 1.82) is 5.26 Å². The second-order valence-electron chi connectivity index (χ2n) is 3.60. The molecule has 1 aromatic rings. The lowest BCUT2D eigenvalue weighted by atomic mass is 10.1. The molecule has 18 heavy (non-hydrogen) atoms. The minimum Gasteiger partial charge on any atom is -0.251 e.